The van der Waals surface area contributed by atoms with Gasteiger partial charge in [0.15, 0.2) is 0 Å². The van der Waals surface area contributed by atoms with Crippen molar-refractivity contribution in [3.05, 3.63) is 29.6 Å². The molecule has 3 N–H and O–H groups in total. The van der Waals surface area contributed by atoms with Crippen molar-refractivity contribution in [2.75, 3.05) is 20.2 Å². The number of hydrogen-bond acceptors (Lipinski definition) is 3. The summed E-state index contributed by atoms with van der Waals surface area (Å²) in [7, 11) is 1.53. The predicted octanol–water partition coefficient (Wildman–Crippen LogP) is 1.98. The minimum atomic E-state index is -0.229. The maximum atomic E-state index is 13.8. The van der Waals surface area contributed by atoms with E-state index in [0.717, 1.165) is 25.9 Å². The lowest BCUT2D eigenvalue weighted by molar-refractivity contribution is 0.199. The summed E-state index contributed by atoms with van der Waals surface area (Å²) in [4.78, 5) is 2.20. The van der Waals surface area contributed by atoms with Crippen LogP contribution in [0.25, 0.3) is 0 Å². The summed E-state index contributed by atoms with van der Waals surface area (Å²) in [6.07, 6.45) is 1.76. The van der Waals surface area contributed by atoms with Gasteiger partial charge in [-0.3, -0.25) is 10.3 Å². The fourth-order valence-electron chi connectivity index (χ4n) is 2.43. The van der Waals surface area contributed by atoms with Crippen LogP contribution in [-0.2, 0) is 6.54 Å². The number of piperidine rings is 1. The molecule has 0 spiro atoms. The summed E-state index contributed by atoms with van der Waals surface area (Å²) in [5.41, 5.74) is 6.19. The number of likely N-dealkylation sites (tertiary alicyclic amines) is 1. The highest BCUT2D eigenvalue weighted by atomic mass is 19.1. The van der Waals surface area contributed by atoms with E-state index in [-0.39, 0.29) is 17.6 Å². The molecule has 1 aliphatic rings. The van der Waals surface area contributed by atoms with Crippen molar-refractivity contribution in [1.82, 2.24) is 4.90 Å². The summed E-state index contributed by atoms with van der Waals surface area (Å²) >= 11 is 0. The van der Waals surface area contributed by atoms with Crippen LogP contribution in [0, 0.1) is 17.1 Å². The largest absolute Gasteiger partial charge is 0.497 e. The minimum Gasteiger partial charge on any atom is -0.497 e. The van der Waals surface area contributed by atoms with Crippen molar-refractivity contribution in [2.24, 2.45) is 11.7 Å². The number of nitrogens with two attached hydrogens (primary N) is 1. The van der Waals surface area contributed by atoms with Crippen molar-refractivity contribution in [3.63, 3.8) is 0 Å². The van der Waals surface area contributed by atoms with Gasteiger partial charge in [0.2, 0.25) is 0 Å². The zero-order valence-electron chi connectivity index (χ0n) is 11.2. The third-order valence-electron chi connectivity index (χ3n) is 3.68. The van der Waals surface area contributed by atoms with Crippen LogP contribution in [0.3, 0.4) is 0 Å². The van der Waals surface area contributed by atoms with E-state index in [0.29, 0.717) is 17.9 Å². The van der Waals surface area contributed by atoms with Crippen molar-refractivity contribution in [1.29, 1.82) is 5.41 Å². The summed E-state index contributed by atoms with van der Waals surface area (Å²) in [6.45, 7) is 2.31. The van der Waals surface area contributed by atoms with Crippen LogP contribution in [0.5, 0.6) is 5.75 Å². The van der Waals surface area contributed by atoms with Crippen LogP contribution >= 0.6 is 0 Å². The molecule has 0 bridgehead atoms. The molecule has 104 valence electrons. The fraction of sp³-hybridized carbons (Fsp3) is 0.500. The SMILES string of the molecule is COc1ccc(CN2CCC(C(=N)N)CC2)c(F)c1. The molecule has 1 aromatic rings. The molecule has 0 saturated carbocycles. The molecule has 0 unspecified atom stereocenters. The number of methoxy groups -OCH3 is 1. The second-order valence-corrected chi connectivity index (χ2v) is 4.96. The van der Waals surface area contributed by atoms with E-state index in [1.54, 1.807) is 12.1 Å². The first kappa shape index (κ1) is 13.8. The molecule has 1 heterocycles. The van der Waals surface area contributed by atoms with Crippen LogP contribution < -0.4 is 10.5 Å². The number of nitrogens with zero attached hydrogens (tertiary/aromatic N) is 1. The highest BCUT2D eigenvalue weighted by molar-refractivity contribution is 5.79. The maximum Gasteiger partial charge on any atom is 0.131 e. The van der Waals surface area contributed by atoms with Crippen LogP contribution in [0.4, 0.5) is 4.39 Å². The van der Waals surface area contributed by atoms with Crippen LogP contribution in [0.1, 0.15) is 18.4 Å². The lowest BCUT2D eigenvalue weighted by Gasteiger charge is -2.31. The average molecular weight is 265 g/mol. The fourth-order valence-corrected chi connectivity index (χ4v) is 2.43. The first-order valence-corrected chi connectivity index (χ1v) is 6.49. The molecular formula is C14H20FN3O. The normalized spacial score (nSPS) is 17.4. The second kappa shape index (κ2) is 6.02. The molecule has 4 nitrogen and oxygen atoms in total. The first-order chi connectivity index (χ1) is 9.10. The Morgan fingerprint density at radius 1 is 1.47 bits per heavy atom. The molecule has 1 fully saturated rings. The number of nitrogens with one attached hydrogen (secondary N) is 1. The molecule has 0 amide bonds. The standard InChI is InChI=1S/C14H20FN3O/c1-19-12-3-2-11(13(15)8-12)9-18-6-4-10(5-7-18)14(16)17/h2-3,8,10H,4-7,9H2,1H3,(H3,16,17). The number of rotatable bonds is 4. The van der Waals surface area contributed by atoms with E-state index >= 15 is 0 Å². The number of ether oxygens (including phenoxy) is 1. The predicted molar refractivity (Wildman–Crippen MR) is 72.9 cm³/mol. The van der Waals surface area contributed by atoms with E-state index in [4.69, 9.17) is 15.9 Å². The van der Waals surface area contributed by atoms with Gasteiger partial charge < -0.3 is 10.5 Å². The summed E-state index contributed by atoms with van der Waals surface area (Å²) in [6, 6.07) is 4.96. The highest BCUT2D eigenvalue weighted by Gasteiger charge is 2.21. The molecular weight excluding hydrogens is 245 g/mol. The zero-order chi connectivity index (χ0) is 13.8. The average Bonchev–Trinajstić information content (AvgIpc) is 2.41. The molecule has 5 heteroatoms. The molecule has 0 radical (unpaired) electrons. The van der Waals surface area contributed by atoms with E-state index in [1.807, 2.05) is 0 Å². The monoisotopic (exact) mass is 265 g/mol. The highest BCUT2D eigenvalue weighted by Crippen LogP contribution is 2.21. The topological polar surface area (TPSA) is 62.3 Å². The van der Waals surface area contributed by atoms with Crippen molar-refractivity contribution >= 4 is 5.84 Å². The van der Waals surface area contributed by atoms with Crippen LogP contribution in [-0.4, -0.2) is 30.9 Å². The summed E-state index contributed by atoms with van der Waals surface area (Å²) < 4.78 is 18.8. The van der Waals surface area contributed by atoms with Gasteiger partial charge in [-0.1, -0.05) is 6.07 Å². The van der Waals surface area contributed by atoms with E-state index in [9.17, 15) is 4.39 Å². The van der Waals surface area contributed by atoms with Gasteiger partial charge in [0.05, 0.1) is 12.9 Å². The number of benzene rings is 1. The van der Waals surface area contributed by atoms with Crippen LogP contribution in [0.15, 0.2) is 18.2 Å². The van der Waals surface area contributed by atoms with Crippen molar-refractivity contribution in [2.45, 2.75) is 19.4 Å². The summed E-state index contributed by atoms with van der Waals surface area (Å²) in [5, 5.41) is 7.44. The Morgan fingerprint density at radius 3 is 2.68 bits per heavy atom. The molecule has 0 aromatic heterocycles. The Morgan fingerprint density at radius 2 is 2.16 bits per heavy atom. The van der Waals surface area contributed by atoms with Gasteiger partial charge in [-0.05, 0) is 32.0 Å². The molecule has 1 aliphatic heterocycles. The lowest BCUT2D eigenvalue weighted by atomic mass is 9.95. The minimum absolute atomic E-state index is 0.192. The Labute approximate surface area is 112 Å². The van der Waals surface area contributed by atoms with E-state index in [2.05, 4.69) is 4.90 Å². The van der Waals surface area contributed by atoms with Gasteiger partial charge in [0.25, 0.3) is 0 Å². The van der Waals surface area contributed by atoms with Gasteiger partial charge in [0.1, 0.15) is 11.6 Å². The lowest BCUT2D eigenvalue weighted by Crippen LogP contribution is -2.38. The third kappa shape index (κ3) is 3.44. The number of hydrogen-bond donors (Lipinski definition) is 2. The summed E-state index contributed by atoms with van der Waals surface area (Å²) in [5.74, 6) is 0.775. The Kier molecular flexibility index (Phi) is 4.37. The quantitative estimate of drug-likeness (QED) is 0.646. The molecule has 0 atom stereocenters. The van der Waals surface area contributed by atoms with Crippen molar-refractivity contribution in [3.8, 4) is 5.75 Å². The maximum absolute atomic E-state index is 13.8. The molecule has 0 aliphatic carbocycles. The third-order valence-corrected chi connectivity index (χ3v) is 3.68. The van der Waals surface area contributed by atoms with E-state index < -0.39 is 0 Å². The number of amidine groups is 1. The Balaban J connectivity index is 1.94. The van der Waals surface area contributed by atoms with Gasteiger partial charge in [0, 0.05) is 24.1 Å². The van der Waals surface area contributed by atoms with Gasteiger partial charge in [-0.2, -0.15) is 0 Å². The molecule has 1 aromatic carbocycles. The molecule has 19 heavy (non-hydrogen) atoms. The molecule has 2 rings (SSSR count). The first-order valence-electron chi connectivity index (χ1n) is 6.49. The van der Waals surface area contributed by atoms with Gasteiger partial charge in [-0.15, -0.1) is 0 Å². The number of halogens is 1. The van der Waals surface area contributed by atoms with Gasteiger partial charge >= 0.3 is 0 Å². The molecule has 1 saturated heterocycles. The Bertz CT molecular complexity index is 456. The van der Waals surface area contributed by atoms with Crippen molar-refractivity contribution < 1.29 is 9.13 Å². The second-order valence-electron chi connectivity index (χ2n) is 4.96. The van der Waals surface area contributed by atoms with Gasteiger partial charge in [-0.25, -0.2) is 4.39 Å². The van der Waals surface area contributed by atoms with Crippen LogP contribution in [0.2, 0.25) is 0 Å². The Hall–Kier alpha value is -1.62. The smallest absolute Gasteiger partial charge is 0.131 e. The zero-order valence-corrected chi connectivity index (χ0v) is 11.2. The van der Waals surface area contributed by atoms with E-state index in [1.165, 1.54) is 13.2 Å².